The van der Waals surface area contributed by atoms with Crippen molar-refractivity contribution < 1.29 is 9.63 Å². The predicted octanol–water partition coefficient (Wildman–Crippen LogP) is 3.76. The first-order chi connectivity index (χ1) is 11.2. The number of hydrogen-bond donors (Lipinski definition) is 1. The Bertz CT molecular complexity index is 755. The highest BCUT2D eigenvalue weighted by atomic mass is 35.5. The number of fused-ring (bicyclic) bond motifs is 1. The third-order valence-corrected chi connectivity index (χ3v) is 4.82. The van der Waals surface area contributed by atoms with Crippen LogP contribution in [0.5, 0.6) is 0 Å². The van der Waals surface area contributed by atoms with Crippen LogP contribution in [0.15, 0.2) is 16.7 Å². The summed E-state index contributed by atoms with van der Waals surface area (Å²) in [6.07, 6.45) is -0.0326. The summed E-state index contributed by atoms with van der Waals surface area (Å²) in [4.78, 5) is 6.46. The van der Waals surface area contributed by atoms with Gasteiger partial charge in [-0.3, -0.25) is 4.90 Å². The van der Waals surface area contributed by atoms with Gasteiger partial charge in [-0.2, -0.15) is 4.98 Å². The van der Waals surface area contributed by atoms with E-state index in [0.29, 0.717) is 34.7 Å². The topological polar surface area (TPSA) is 62.4 Å². The number of benzene rings is 1. The molecule has 2 aromatic rings. The number of aliphatic hydroxyl groups excluding tert-OH is 1. The van der Waals surface area contributed by atoms with Crippen LogP contribution in [-0.4, -0.2) is 33.3 Å². The van der Waals surface area contributed by atoms with Gasteiger partial charge in [0.25, 0.3) is 0 Å². The molecule has 3 rings (SSSR count). The molecule has 24 heavy (non-hydrogen) atoms. The van der Waals surface area contributed by atoms with E-state index in [9.17, 15) is 5.11 Å². The van der Waals surface area contributed by atoms with Crippen LogP contribution < -0.4 is 0 Å². The largest absolute Gasteiger partial charge is 0.391 e. The van der Waals surface area contributed by atoms with Crippen molar-refractivity contribution in [2.24, 2.45) is 0 Å². The molecule has 7 heteroatoms. The number of hydrogen-bond acceptors (Lipinski definition) is 5. The summed E-state index contributed by atoms with van der Waals surface area (Å²) in [5.41, 5.74) is 1.72. The smallest absolute Gasteiger partial charge is 0.232 e. The summed E-state index contributed by atoms with van der Waals surface area (Å²) < 4.78 is 5.33. The Labute approximate surface area is 151 Å². The van der Waals surface area contributed by atoms with Crippen molar-refractivity contribution in [1.29, 1.82) is 0 Å². The summed E-state index contributed by atoms with van der Waals surface area (Å²) >= 11 is 12.4. The van der Waals surface area contributed by atoms with Crippen molar-refractivity contribution in [3.05, 3.63) is 45.0 Å². The van der Waals surface area contributed by atoms with Crippen LogP contribution in [-0.2, 0) is 18.4 Å². The highest BCUT2D eigenvalue weighted by molar-refractivity contribution is 6.35. The highest BCUT2D eigenvalue weighted by Crippen LogP contribution is 2.41. The maximum Gasteiger partial charge on any atom is 0.232 e. The molecule has 0 unspecified atom stereocenters. The lowest BCUT2D eigenvalue weighted by Crippen LogP contribution is -2.31. The van der Waals surface area contributed by atoms with Gasteiger partial charge in [0, 0.05) is 21.9 Å². The van der Waals surface area contributed by atoms with Crippen molar-refractivity contribution in [2.45, 2.75) is 51.3 Å². The van der Waals surface area contributed by atoms with Crippen molar-refractivity contribution in [2.75, 3.05) is 7.05 Å². The average Bonchev–Trinajstić information content (AvgIpc) is 3.02. The summed E-state index contributed by atoms with van der Waals surface area (Å²) in [7, 11) is 1.92. The molecule has 1 aliphatic rings. The van der Waals surface area contributed by atoms with E-state index >= 15 is 0 Å². The Balaban J connectivity index is 1.84. The van der Waals surface area contributed by atoms with Gasteiger partial charge in [-0.05, 0) is 30.3 Å². The van der Waals surface area contributed by atoms with Crippen LogP contribution in [0.1, 0.15) is 49.7 Å². The number of rotatable bonds is 3. The number of nitrogens with zero attached hydrogens (tertiary/aromatic N) is 3. The number of halogens is 2. The van der Waals surface area contributed by atoms with Gasteiger partial charge in [-0.1, -0.05) is 49.1 Å². The molecule has 5 nitrogen and oxygen atoms in total. The Hall–Kier alpha value is -1.14. The first-order valence-electron chi connectivity index (χ1n) is 7.86. The van der Waals surface area contributed by atoms with Crippen molar-refractivity contribution in [3.63, 3.8) is 0 Å². The lowest BCUT2D eigenvalue weighted by molar-refractivity contribution is 0.0707. The van der Waals surface area contributed by atoms with E-state index in [2.05, 4.69) is 10.1 Å². The minimum Gasteiger partial charge on any atom is -0.391 e. The minimum absolute atomic E-state index is 0.190. The van der Waals surface area contributed by atoms with E-state index in [0.717, 1.165) is 11.1 Å². The van der Waals surface area contributed by atoms with Gasteiger partial charge in [0.1, 0.15) is 0 Å². The molecule has 1 aromatic heterocycles. The van der Waals surface area contributed by atoms with Crippen LogP contribution in [0.4, 0.5) is 0 Å². The lowest BCUT2D eigenvalue weighted by Gasteiger charge is -2.26. The molecule has 2 atom stereocenters. The van der Waals surface area contributed by atoms with E-state index in [1.165, 1.54) is 0 Å². The molecular weight excluding hydrogens is 349 g/mol. The van der Waals surface area contributed by atoms with E-state index < -0.39 is 6.10 Å². The normalized spacial score (nSPS) is 20.7. The molecule has 0 spiro atoms. The van der Waals surface area contributed by atoms with Crippen molar-refractivity contribution in [1.82, 2.24) is 15.0 Å². The number of aromatic nitrogens is 2. The summed E-state index contributed by atoms with van der Waals surface area (Å²) in [5.74, 6) is 1.19. The second kappa shape index (κ2) is 6.30. The van der Waals surface area contributed by atoms with E-state index in [-0.39, 0.29) is 11.5 Å². The molecule has 0 saturated carbocycles. The average molecular weight is 370 g/mol. The molecule has 0 bridgehead atoms. The molecule has 1 N–H and O–H groups in total. The molecule has 0 radical (unpaired) electrons. The maximum absolute atomic E-state index is 10.5. The van der Waals surface area contributed by atoms with E-state index in [1.807, 2.05) is 38.8 Å². The standard InChI is InChI=1S/C17H21Cl2N3O2/c1-17(2,3)16-20-14(21-24-16)8-22(4)15-11-5-9(18)6-12(19)10(11)7-13(15)23/h5-6,13,15,23H,7-8H2,1-4H3/t13-,15-/m1/s1. The lowest BCUT2D eigenvalue weighted by atomic mass is 9.97. The van der Waals surface area contributed by atoms with Crippen LogP contribution in [0, 0.1) is 0 Å². The second-order valence-corrected chi connectivity index (χ2v) is 8.20. The van der Waals surface area contributed by atoms with E-state index in [4.69, 9.17) is 27.7 Å². The molecule has 1 heterocycles. The fourth-order valence-electron chi connectivity index (χ4n) is 3.11. The third kappa shape index (κ3) is 3.31. The van der Waals surface area contributed by atoms with Crippen molar-refractivity contribution >= 4 is 23.2 Å². The zero-order valence-electron chi connectivity index (χ0n) is 14.2. The molecule has 0 saturated heterocycles. The fraction of sp³-hybridized carbons (Fsp3) is 0.529. The monoisotopic (exact) mass is 369 g/mol. The predicted molar refractivity (Wildman–Crippen MR) is 93.4 cm³/mol. The second-order valence-electron chi connectivity index (χ2n) is 7.35. The SMILES string of the molecule is CN(Cc1noc(C(C)(C)C)n1)[C@@H]1c2cc(Cl)cc(Cl)c2C[C@H]1O. The first-order valence-corrected chi connectivity index (χ1v) is 8.61. The maximum atomic E-state index is 10.5. The summed E-state index contributed by atoms with van der Waals surface area (Å²) in [5, 5.41) is 15.7. The molecule has 1 aliphatic carbocycles. The Kier molecular flexibility index (Phi) is 4.64. The van der Waals surface area contributed by atoms with Crippen LogP contribution >= 0.6 is 23.2 Å². The fourth-order valence-corrected chi connectivity index (χ4v) is 3.69. The van der Waals surface area contributed by atoms with Gasteiger partial charge in [0.2, 0.25) is 5.89 Å². The Morgan fingerprint density at radius 2 is 2.04 bits per heavy atom. The molecule has 0 fully saturated rings. The van der Waals surface area contributed by atoms with Gasteiger partial charge < -0.3 is 9.63 Å². The van der Waals surface area contributed by atoms with E-state index in [1.54, 1.807) is 6.07 Å². The Morgan fingerprint density at radius 1 is 1.33 bits per heavy atom. The number of likely N-dealkylation sites (N-methyl/N-ethyl adjacent to an activating group) is 1. The Morgan fingerprint density at radius 3 is 2.67 bits per heavy atom. The van der Waals surface area contributed by atoms with Crippen LogP contribution in [0.3, 0.4) is 0 Å². The van der Waals surface area contributed by atoms with Gasteiger partial charge in [-0.25, -0.2) is 0 Å². The zero-order chi connectivity index (χ0) is 17.6. The van der Waals surface area contributed by atoms with Crippen molar-refractivity contribution in [3.8, 4) is 0 Å². The first kappa shape index (κ1) is 17.7. The molecule has 1 aromatic carbocycles. The summed E-state index contributed by atoms with van der Waals surface area (Å²) in [6, 6.07) is 3.38. The quantitative estimate of drug-likeness (QED) is 0.891. The van der Waals surface area contributed by atoms with Crippen LogP contribution in [0.25, 0.3) is 0 Å². The molecular formula is C17H21Cl2N3O2. The van der Waals surface area contributed by atoms with Gasteiger partial charge >= 0.3 is 0 Å². The highest BCUT2D eigenvalue weighted by Gasteiger charge is 2.36. The van der Waals surface area contributed by atoms with Gasteiger partial charge in [0.05, 0.1) is 18.7 Å². The van der Waals surface area contributed by atoms with Crippen LogP contribution in [0.2, 0.25) is 10.0 Å². The van der Waals surface area contributed by atoms with Gasteiger partial charge in [-0.15, -0.1) is 0 Å². The third-order valence-electron chi connectivity index (χ3n) is 4.27. The minimum atomic E-state index is -0.546. The number of aliphatic hydroxyl groups is 1. The summed E-state index contributed by atoms with van der Waals surface area (Å²) in [6.45, 7) is 6.53. The molecule has 130 valence electrons. The molecule has 0 aliphatic heterocycles. The zero-order valence-corrected chi connectivity index (χ0v) is 15.7. The van der Waals surface area contributed by atoms with Gasteiger partial charge in [0.15, 0.2) is 5.82 Å². The molecule has 0 amide bonds.